The summed E-state index contributed by atoms with van der Waals surface area (Å²) in [6.07, 6.45) is 4.47. The van der Waals surface area contributed by atoms with Gasteiger partial charge in [0.25, 0.3) is 5.91 Å². The molecule has 1 unspecified atom stereocenters. The van der Waals surface area contributed by atoms with Crippen LogP contribution in [0, 0.1) is 0 Å². The van der Waals surface area contributed by atoms with Crippen LogP contribution in [0.25, 0.3) is 0 Å². The number of aromatic nitrogens is 1. The summed E-state index contributed by atoms with van der Waals surface area (Å²) in [4.78, 5) is 18.7. The van der Waals surface area contributed by atoms with Crippen LogP contribution in [-0.2, 0) is 6.61 Å². The Morgan fingerprint density at radius 1 is 1.31 bits per heavy atom. The maximum absolute atomic E-state index is 12.8. The summed E-state index contributed by atoms with van der Waals surface area (Å²) in [5.41, 5.74) is 1.58. The van der Waals surface area contributed by atoms with Gasteiger partial charge in [-0.15, -0.1) is 0 Å². The highest BCUT2D eigenvalue weighted by Gasteiger charge is 2.24. The molecule has 0 radical (unpaired) electrons. The fourth-order valence-electron chi connectivity index (χ4n) is 3.01. The Labute approximate surface area is 154 Å². The maximum atomic E-state index is 12.8. The summed E-state index contributed by atoms with van der Waals surface area (Å²) >= 11 is 0. The van der Waals surface area contributed by atoms with Crippen molar-refractivity contribution < 1.29 is 14.3 Å². The van der Waals surface area contributed by atoms with Gasteiger partial charge in [-0.3, -0.25) is 9.78 Å². The molecule has 1 atom stereocenters. The molecule has 26 heavy (non-hydrogen) atoms. The molecule has 1 N–H and O–H groups in total. The third kappa shape index (κ3) is 4.32. The van der Waals surface area contributed by atoms with Gasteiger partial charge in [-0.05, 0) is 44.2 Å². The molecule has 0 aliphatic carbocycles. The molecule has 1 amide bonds. The molecule has 1 aliphatic heterocycles. The van der Waals surface area contributed by atoms with E-state index in [1.54, 1.807) is 35.5 Å². The summed E-state index contributed by atoms with van der Waals surface area (Å²) < 4.78 is 11.6. The molecule has 3 rings (SSSR count). The molecule has 1 aliphatic rings. The van der Waals surface area contributed by atoms with E-state index in [1.807, 2.05) is 26.1 Å². The molecule has 1 aromatic heterocycles. The van der Waals surface area contributed by atoms with Crippen LogP contribution in [0.15, 0.2) is 42.7 Å². The van der Waals surface area contributed by atoms with Crippen LogP contribution >= 0.6 is 0 Å². The lowest BCUT2D eigenvalue weighted by atomic mass is 10.1. The minimum absolute atomic E-state index is 0.00142. The normalized spacial score (nSPS) is 16.3. The molecular formula is C20H25N3O3. The number of benzene rings is 1. The van der Waals surface area contributed by atoms with Crippen LogP contribution in [0.1, 0.15) is 29.3 Å². The zero-order chi connectivity index (χ0) is 18.4. The van der Waals surface area contributed by atoms with Gasteiger partial charge in [0, 0.05) is 43.2 Å². The molecule has 1 saturated heterocycles. The number of hydrogen-bond acceptors (Lipinski definition) is 5. The quantitative estimate of drug-likeness (QED) is 0.827. The third-order valence-electron chi connectivity index (χ3n) is 4.51. The first kappa shape index (κ1) is 18.2. The fourth-order valence-corrected chi connectivity index (χ4v) is 3.01. The Bertz CT molecular complexity index is 730. The number of nitrogens with one attached hydrogen (secondary N) is 1. The predicted octanol–water partition coefficient (Wildman–Crippen LogP) is 2.49. The van der Waals surface area contributed by atoms with E-state index in [0.717, 1.165) is 25.1 Å². The first-order valence-electron chi connectivity index (χ1n) is 8.95. The number of carbonyl (C=O) groups is 1. The summed E-state index contributed by atoms with van der Waals surface area (Å²) in [5.74, 6) is 1.20. The van der Waals surface area contributed by atoms with Gasteiger partial charge in [0.1, 0.15) is 6.61 Å². The van der Waals surface area contributed by atoms with Crippen molar-refractivity contribution in [3.63, 3.8) is 0 Å². The standard InChI is InChI=1S/C20H25N3O3/c1-3-25-19-11-16(20(24)23(2)17-8-10-22-13-17)6-7-18(19)26-14-15-5-4-9-21-12-15/h4-7,9,11-12,17,22H,3,8,10,13-14H2,1-2H3. The van der Waals surface area contributed by atoms with Crippen molar-refractivity contribution in [1.29, 1.82) is 0 Å². The molecule has 0 bridgehead atoms. The van der Waals surface area contributed by atoms with Crippen molar-refractivity contribution in [2.45, 2.75) is 26.0 Å². The topological polar surface area (TPSA) is 63.7 Å². The van der Waals surface area contributed by atoms with E-state index >= 15 is 0 Å². The SMILES string of the molecule is CCOc1cc(C(=O)N(C)C2CCNC2)ccc1OCc1cccnc1. The number of carbonyl (C=O) groups excluding carboxylic acids is 1. The monoisotopic (exact) mass is 355 g/mol. The van der Waals surface area contributed by atoms with Gasteiger partial charge >= 0.3 is 0 Å². The van der Waals surface area contributed by atoms with Crippen molar-refractivity contribution >= 4 is 5.91 Å². The summed E-state index contributed by atoms with van der Waals surface area (Å²) in [7, 11) is 1.85. The van der Waals surface area contributed by atoms with Crippen LogP contribution in [0.5, 0.6) is 11.5 Å². The molecule has 1 aromatic carbocycles. The van der Waals surface area contributed by atoms with Crippen molar-refractivity contribution in [2.75, 3.05) is 26.7 Å². The summed E-state index contributed by atoms with van der Waals surface area (Å²) in [5, 5.41) is 3.29. The number of rotatable bonds is 7. The zero-order valence-electron chi connectivity index (χ0n) is 15.3. The lowest BCUT2D eigenvalue weighted by Gasteiger charge is -2.24. The molecule has 0 spiro atoms. The van der Waals surface area contributed by atoms with E-state index < -0.39 is 0 Å². The molecule has 0 saturated carbocycles. The first-order valence-corrected chi connectivity index (χ1v) is 8.95. The molecule has 1 fully saturated rings. The Balaban J connectivity index is 1.74. The van der Waals surface area contributed by atoms with E-state index in [0.29, 0.717) is 30.3 Å². The predicted molar refractivity (Wildman–Crippen MR) is 99.5 cm³/mol. The second-order valence-corrected chi connectivity index (χ2v) is 6.31. The second kappa shape index (κ2) is 8.67. The third-order valence-corrected chi connectivity index (χ3v) is 4.51. The number of hydrogen-bond donors (Lipinski definition) is 1. The van der Waals surface area contributed by atoms with Gasteiger partial charge in [-0.2, -0.15) is 0 Å². The van der Waals surface area contributed by atoms with Gasteiger partial charge in [0.05, 0.1) is 6.61 Å². The maximum Gasteiger partial charge on any atom is 0.254 e. The highest BCUT2D eigenvalue weighted by molar-refractivity contribution is 5.95. The van der Waals surface area contributed by atoms with Crippen LogP contribution in [0.4, 0.5) is 0 Å². The van der Waals surface area contributed by atoms with E-state index in [1.165, 1.54) is 0 Å². The van der Waals surface area contributed by atoms with Crippen LogP contribution in [-0.4, -0.2) is 48.6 Å². The minimum atomic E-state index is -0.00142. The van der Waals surface area contributed by atoms with Gasteiger partial charge in [-0.25, -0.2) is 0 Å². The van der Waals surface area contributed by atoms with Crippen LogP contribution in [0.3, 0.4) is 0 Å². The van der Waals surface area contributed by atoms with Crippen molar-refractivity contribution in [1.82, 2.24) is 15.2 Å². The molecule has 2 aromatic rings. The fraction of sp³-hybridized carbons (Fsp3) is 0.400. The Kier molecular flexibility index (Phi) is 6.07. The average Bonchev–Trinajstić information content (AvgIpc) is 3.21. The van der Waals surface area contributed by atoms with Gasteiger partial charge in [0.15, 0.2) is 11.5 Å². The minimum Gasteiger partial charge on any atom is -0.490 e. The lowest BCUT2D eigenvalue weighted by molar-refractivity contribution is 0.0743. The van der Waals surface area contributed by atoms with Gasteiger partial charge < -0.3 is 19.7 Å². The van der Waals surface area contributed by atoms with E-state index in [2.05, 4.69) is 10.3 Å². The molecule has 6 nitrogen and oxygen atoms in total. The molecule has 2 heterocycles. The van der Waals surface area contributed by atoms with Crippen LogP contribution < -0.4 is 14.8 Å². The zero-order valence-corrected chi connectivity index (χ0v) is 15.3. The number of nitrogens with zero attached hydrogens (tertiary/aromatic N) is 2. The Morgan fingerprint density at radius 3 is 2.88 bits per heavy atom. The van der Waals surface area contributed by atoms with Crippen molar-refractivity contribution in [2.24, 2.45) is 0 Å². The van der Waals surface area contributed by atoms with E-state index in [4.69, 9.17) is 9.47 Å². The van der Waals surface area contributed by atoms with Gasteiger partial charge in [-0.1, -0.05) is 6.07 Å². The van der Waals surface area contributed by atoms with Crippen molar-refractivity contribution in [3.05, 3.63) is 53.9 Å². The smallest absolute Gasteiger partial charge is 0.254 e. The molecule has 6 heteroatoms. The Hall–Kier alpha value is -2.60. The van der Waals surface area contributed by atoms with E-state index in [9.17, 15) is 4.79 Å². The number of pyridine rings is 1. The summed E-state index contributed by atoms with van der Waals surface area (Å²) in [6.45, 7) is 4.61. The first-order chi connectivity index (χ1) is 12.7. The highest BCUT2D eigenvalue weighted by atomic mass is 16.5. The average molecular weight is 355 g/mol. The lowest BCUT2D eigenvalue weighted by Crippen LogP contribution is -2.38. The highest BCUT2D eigenvalue weighted by Crippen LogP contribution is 2.30. The summed E-state index contributed by atoms with van der Waals surface area (Å²) in [6, 6.07) is 9.42. The van der Waals surface area contributed by atoms with Crippen LogP contribution in [0.2, 0.25) is 0 Å². The van der Waals surface area contributed by atoms with Gasteiger partial charge in [0.2, 0.25) is 0 Å². The Morgan fingerprint density at radius 2 is 2.19 bits per heavy atom. The number of ether oxygens (including phenoxy) is 2. The number of likely N-dealkylation sites (N-methyl/N-ethyl adjacent to an activating group) is 1. The largest absolute Gasteiger partial charge is 0.490 e. The van der Waals surface area contributed by atoms with E-state index in [-0.39, 0.29) is 11.9 Å². The molecule has 138 valence electrons. The second-order valence-electron chi connectivity index (χ2n) is 6.31. The van der Waals surface area contributed by atoms with Crippen molar-refractivity contribution in [3.8, 4) is 11.5 Å². The number of amides is 1. The molecular weight excluding hydrogens is 330 g/mol.